The summed E-state index contributed by atoms with van der Waals surface area (Å²) in [5, 5.41) is 1.97. The number of fused-ring (bicyclic) bond motifs is 1. The van der Waals surface area contributed by atoms with E-state index in [1.54, 1.807) is 11.3 Å². The zero-order valence-corrected chi connectivity index (χ0v) is 16.1. The summed E-state index contributed by atoms with van der Waals surface area (Å²) in [6.45, 7) is 15.8. The van der Waals surface area contributed by atoms with Gasteiger partial charge in [0.1, 0.15) is 0 Å². The van der Waals surface area contributed by atoms with Crippen LogP contribution in [-0.4, -0.2) is 6.29 Å². The zero-order valence-electron chi connectivity index (χ0n) is 15.3. The van der Waals surface area contributed by atoms with E-state index in [1.165, 1.54) is 28.7 Å². The summed E-state index contributed by atoms with van der Waals surface area (Å²) in [6.07, 6.45) is 3.19. The second-order valence-electron chi connectivity index (χ2n) is 8.49. The van der Waals surface area contributed by atoms with Crippen LogP contribution in [0.1, 0.15) is 78.5 Å². The highest BCUT2D eigenvalue weighted by Crippen LogP contribution is 2.45. The van der Waals surface area contributed by atoms with E-state index < -0.39 is 0 Å². The van der Waals surface area contributed by atoms with Crippen molar-refractivity contribution in [3.63, 3.8) is 0 Å². The molecule has 0 fully saturated rings. The summed E-state index contributed by atoms with van der Waals surface area (Å²) < 4.78 is 0. The largest absolute Gasteiger partial charge is 0.298 e. The number of aldehydes is 1. The SMILES string of the molecule is C=C(c1cc(C(C)(C)C)cc2c1CCC2(C)C)c1sccc1C=O. The first-order valence-corrected chi connectivity index (χ1v) is 9.43. The summed E-state index contributed by atoms with van der Waals surface area (Å²) in [7, 11) is 0. The molecule has 2 heteroatoms. The number of hydrogen-bond acceptors (Lipinski definition) is 2. The molecule has 1 aromatic heterocycles. The quantitative estimate of drug-likeness (QED) is 0.614. The van der Waals surface area contributed by atoms with Crippen molar-refractivity contribution in [3.05, 3.63) is 62.9 Å². The molecule has 0 bridgehead atoms. The third kappa shape index (κ3) is 2.77. The molecule has 1 heterocycles. The van der Waals surface area contributed by atoms with Crippen molar-refractivity contribution < 1.29 is 4.79 Å². The van der Waals surface area contributed by atoms with Gasteiger partial charge in [0, 0.05) is 10.4 Å². The standard InChI is InChI=1S/C22H26OS/c1-14(20-15(13-23)8-10-24-20)18-11-16(21(2,3)4)12-19-17(18)7-9-22(19,5)6/h8,10-13H,1,7,9H2,2-6H3. The van der Waals surface area contributed by atoms with Gasteiger partial charge in [-0.2, -0.15) is 0 Å². The molecule has 24 heavy (non-hydrogen) atoms. The molecule has 0 saturated carbocycles. The first-order valence-electron chi connectivity index (χ1n) is 8.55. The van der Waals surface area contributed by atoms with Crippen molar-refractivity contribution in [2.24, 2.45) is 0 Å². The number of hydrogen-bond donors (Lipinski definition) is 0. The fraction of sp³-hybridized carbons (Fsp3) is 0.409. The molecule has 0 atom stereocenters. The van der Waals surface area contributed by atoms with Gasteiger partial charge in [0.25, 0.3) is 0 Å². The van der Waals surface area contributed by atoms with Crippen molar-refractivity contribution in [3.8, 4) is 0 Å². The minimum absolute atomic E-state index is 0.0890. The number of carbonyl (C=O) groups excluding carboxylic acids is 1. The molecular formula is C22H26OS. The third-order valence-corrected chi connectivity index (χ3v) is 6.26. The molecule has 0 amide bonds. The van der Waals surface area contributed by atoms with E-state index in [2.05, 4.69) is 53.3 Å². The Bertz CT molecular complexity index is 815. The van der Waals surface area contributed by atoms with Crippen LogP contribution < -0.4 is 0 Å². The number of rotatable bonds is 3. The lowest BCUT2D eigenvalue weighted by Crippen LogP contribution is -2.17. The van der Waals surface area contributed by atoms with E-state index in [-0.39, 0.29) is 10.8 Å². The normalized spacial score (nSPS) is 16.0. The highest BCUT2D eigenvalue weighted by molar-refractivity contribution is 7.11. The van der Waals surface area contributed by atoms with Crippen LogP contribution in [0.25, 0.3) is 5.57 Å². The zero-order chi connectivity index (χ0) is 17.7. The lowest BCUT2D eigenvalue weighted by atomic mass is 9.78. The average Bonchev–Trinajstić information content (AvgIpc) is 3.09. The van der Waals surface area contributed by atoms with Crippen molar-refractivity contribution >= 4 is 23.2 Å². The second kappa shape index (κ2) is 5.70. The van der Waals surface area contributed by atoms with Crippen LogP contribution in [-0.2, 0) is 17.3 Å². The van der Waals surface area contributed by atoms with Gasteiger partial charge < -0.3 is 0 Å². The van der Waals surface area contributed by atoms with E-state index in [4.69, 9.17) is 0 Å². The minimum Gasteiger partial charge on any atom is -0.298 e. The minimum atomic E-state index is 0.0890. The Balaban J connectivity index is 2.23. The number of thiophene rings is 1. The Morgan fingerprint density at radius 3 is 2.62 bits per heavy atom. The number of carbonyl (C=O) groups is 1. The maximum Gasteiger partial charge on any atom is 0.151 e. The van der Waals surface area contributed by atoms with Gasteiger partial charge in [-0.3, -0.25) is 4.79 Å². The summed E-state index contributed by atoms with van der Waals surface area (Å²) in [4.78, 5) is 12.4. The summed E-state index contributed by atoms with van der Waals surface area (Å²) in [6, 6.07) is 6.58. The van der Waals surface area contributed by atoms with Gasteiger partial charge in [-0.15, -0.1) is 11.3 Å². The molecule has 0 N–H and O–H groups in total. The van der Waals surface area contributed by atoms with Gasteiger partial charge in [-0.05, 0) is 62.9 Å². The van der Waals surface area contributed by atoms with Crippen LogP contribution in [0, 0.1) is 0 Å². The molecule has 0 saturated heterocycles. The first-order chi connectivity index (χ1) is 11.1. The summed E-state index contributed by atoms with van der Waals surface area (Å²) in [5.74, 6) is 0. The van der Waals surface area contributed by atoms with Crippen molar-refractivity contribution in [2.45, 2.75) is 58.3 Å². The van der Waals surface area contributed by atoms with E-state index in [1.807, 2.05) is 11.4 Å². The molecule has 0 unspecified atom stereocenters. The Morgan fingerprint density at radius 2 is 2.00 bits per heavy atom. The highest BCUT2D eigenvalue weighted by atomic mass is 32.1. The third-order valence-electron chi connectivity index (χ3n) is 5.27. The van der Waals surface area contributed by atoms with Crippen LogP contribution in [0.2, 0.25) is 0 Å². The Kier molecular flexibility index (Phi) is 4.08. The predicted molar refractivity (Wildman–Crippen MR) is 104 cm³/mol. The van der Waals surface area contributed by atoms with Gasteiger partial charge in [0.15, 0.2) is 6.29 Å². The molecule has 0 radical (unpaired) electrons. The van der Waals surface area contributed by atoms with Crippen molar-refractivity contribution in [2.75, 3.05) is 0 Å². The molecule has 3 rings (SSSR count). The molecule has 1 nitrogen and oxygen atoms in total. The number of benzene rings is 1. The Hall–Kier alpha value is -1.67. The maximum absolute atomic E-state index is 11.4. The summed E-state index contributed by atoms with van der Waals surface area (Å²) in [5.41, 5.74) is 7.48. The molecule has 2 aromatic rings. The maximum atomic E-state index is 11.4. The molecule has 1 aliphatic carbocycles. The summed E-state index contributed by atoms with van der Waals surface area (Å²) >= 11 is 1.60. The molecule has 126 valence electrons. The Morgan fingerprint density at radius 1 is 1.29 bits per heavy atom. The molecule has 1 aliphatic rings. The molecule has 0 spiro atoms. The van der Waals surface area contributed by atoms with Crippen molar-refractivity contribution in [1.29, 1.82) is 0 Å². The van der Waals surface area contributed by atoms with Crippen LogP contribution in [0.4, 0.5) is 0 Å². The monoisotopic (exact) mass is 338 g/mol. The first kappa shape index (κ1) is 17.2. The van der Waals surface area contributed by atoms with Crippen LogP contribution in [0.15, 0.2) is 30.2 Å². The highest BCUT2D eigenvalue weighted by Gasteiger charge is 2.33. The lowest BCUT2D eigenvalue weighted by molar-refractivity contribution is 0.112. The fourth-order valence-electron chi connectivity index (χ4n) is 3.60. The van der Waals surface area contributed by atoms with Gasteiger partial charge >= 0.3 is 0 Å². The van der Waals surface area contributed by atoms with E-state index in [9.17, 15) is 4.79 Å². The molecule has 1 aromatic carbocycles. The van der Waals surface area contributed by atoms with Crippen LogP contribution in [0.5, 0.6) is 0 Å². The average molecular weight is 339 g/mol. The Labute approximate surface area is 149 Å². The fourth-order valence-corrected chi connectivity index (χ4v) is 4.45. The predicted octanol–water partition coefficient (Wildman–Crippen LogP) is 6.14. The van der Waals surface area contributed by atoms with E-state index >= 15 is 0 Å². The lowest BCUT2D eigenvalue weighted by Gasteiger charge is -2.26. The van der Waals surface area contributed by atoms with Crippen molar-refractivity contribution in [1.82, 2.24) is 0 Å². The van der Waals surface area contributed by atoms with Crippen LogP contribution >= 0.6 is 11.3 Å². The topological polar surface area (TPSA) is 17.1 Å². The van der Waals surface area contributed by atoms with Gasteiger partial charge in [0.05, 0.1) is 0 Å². The van der Waals surface area contributed by atoms with Gasteiger partial charge in [-0.25, -0.2) is 0 Å². The van der Waals surface area contributed by atoms with Gasteiger partial charge in [0.2, 0.25) is 0 Å². The second-order valence-corrected chi connectivity index (χ2v) is 9.40. The smallest absolute Gasteiger partial charge is 0.151 e. The van der Waals surface area contributed by atoms with Gasteiger partial charge in [-0.1, -0.05) is 53.3 Å². The van der Waals surface area contributed by atoms with E-state index in [0.29, 0.717) is 0 Å². The molecule has 0 aliphatic heterocycles. The van der Waals surface area contributed by atoms with Crippen LogP contribution in [0.3, 0.4) is 0 Å². The van der Waals surface area contributed by atoms with E-state index in [0.717, 1.165) is 28.7 Å². The molecular weight excluding hydrogens is 312 g/mol.